The Kier molecular flexibility index (Phi) is 9.39. The Morgan fingerprint density at radius 2 is 1.01 bits per heavy atom. The fraction of sp³-hybridized carbons (Fsp3) is 0.125. The number of ether oxygens (including phenoxy) is 1. The Morgan fingerprint density at radius 1 is 0.485 bits per heavy atom. The van der Waals surface area contributed by atoms with Gasteiger partial charge in [-0.3, -0.25) is 4.99 Å². The highest BCUT2D eigenvalue weighted by Gasteiger charge is 2.58. The largest absolute Gasteiger partial charge is 0.457 e. The number of para-hydroxylation sites is 2. The minimum atomic E-state index is -0.620. The molecular weight excluding hydrogens is 845 g/mol. The highest BCUT2D eigenvalue weighted by atomic mass is 32.1. The van der Waals surface area contributed by atoms with Gasteiger partial charge in [-0.2, -0.15) is 0 Å². The van der Waals surface area contributed by atoms with E-state index in [1.165, 1.54) is 70.2 Å². The van der Waals surface area contributed by atoms with E-state index in [-0.39, 0.29) is 12.0 Å². The number of hydrogen-bond donors (Lipinski definition) is 0. The third-order valence-corrected chi connectivity index (χ3v) is 16.4. The Hall–Kier alpha value is -7.66. The molecule has 3 nitrogen and oxygen atoms in total. The van der Waals surface area contributed by atoms with Crippen molar-refractivity contribution in [1.82, 2.24) is 0 Å². The summed E-state index contributed by atoms with van der Waals surface area (Å²) in [5.41, 5.74) is 15.6. The molecule has 4 heteroatoms. The van der Waals surface area contributed by atoms with E-state index >= 15 is 0 Å². The number of rotatable bonds is 6. The first-order valence-corrected chi connectivity index (χ1v) is 24.7. The summed E-state index contributed by atoms with van der Waals surface area (Å²) in [7, 11) is 0. The highest BCUT2D eigenvalue weighted by molar-refractivity contribution is 7.25. The van der Waals surface area contributed by atoms with Gasteiger partial charge in [-0.05, 0) is 92.7 Å². The molecule has 0 saturated carbocycles. The predicted molar refractivity (Wildman–Crippen MR) is 282 cm³/mol. The zero-order chi connectivity index (χ0) is 45.6. The molecule has 1 aliphatic heterocycles. The van der Waals surface area contributed by atoms with Crippen LogP contribution in [0.2, 0.25) is 0 Å². The Balaban J connectivity index is 1.03. The van der Waals surface area contributed by atoms with E-state index in [0.29, 0.717) is 0 Å². The van der Waals surface area contributed by atoms with Crippen LogP contribution >= 0.6 is 11.3 Å². The van der Waals surface area contributed by atoms with Gasteiger partial charge in [0.15, 0.2) is 5.84 Å². The van der Waals surface area contributed by atoms with Crippen LogP contribution in [-0.2, 0) is 10.8 Å². The van der Waals surface area contributed by atoms with Crippen molar-refractivity contribution in [2.75, 3.05) is 0 Å². The lowest BCUT2D eigenvalue weighted by Crippen LogP contribution is -2.45. The van der Waals surface area contributed by atoms with Crippen LogP contribution < -0.4 is 4.74 Å². The fourth-order valence-corrected chi connectivity index (χ4v) is 13.2. The van der Waals surface area contributed by atoms with Crippen LogP contribution in [-0.4, -0.2) is 11.5 Å². The second-order valence-corrected chi connectivity index (χ2v) is 19.8. The van der Waals surface area contributed by atoms with Gasteiger partial charge in [0.05, 0.1) is 16.9 Å². The van der Waals surface area contributed by atoms with E-state index in [1.807, 2.05) is 11.3 Å². The van der Waals surface area contributed by atoms with Crippen molar-refractivity contribution >= 4 is 43.1 Å². The lowest BCUT2D eigenvalue weighted by Gasteiger charge is -2.51. The molecule has 0 fully saturated rings. The van der Waals surface area contributed by atoms with Crippen molar-refractivity contribution < 1.29 is 4.74 Å². The topological polar surface area (TPSA) is 34.0 Å². The second-order valence-electron chi connectivity index (χ2n) is 18.7. The quantitative estimate of drug-likeness (QED) is 0.121. The number of thiophene rings is 1. The smallest absolute Gasteiger partial charge is 0.155 e. The summed E-state index contributed by atoms with van der Waals surface area (Å²) in [6.07, 6.45) is 0.957. The van der Waals surface area contributed by atoms with Crippen molar-refractivity contribution in [3.63, 3.8) is 0 Å². The zero-order valence-corrected chi connectivity index (χ0v) is 39.1. The summed E-state index contributed by atoms with van der Waals surface area (Å²) in [5.74, 6) is 2.75. The standard InChI is InChI=1S/C64H48N2OS/c1-4-40(2)61(66-62(42-20-6-5-7-21-42)65-41(3)43-34-37-48-47-23-9-19-33-59(47)68-60(48)39-43)44-35-36-46-45-22-8-10-24-49(45)63(56(46)38-44)50-25-11-13-27-52(50)64(53-28-14-12-26-51(53)63)54-29-15-17-31-57(54)67-58-32-18-16-30-55(58)64/h5-40,61H,4H2,1-3H3/b65-41+,66-62-. The number of aliphatic imine (C=N–C) groups is 2. The average Bonchev–Trinajstić information content (AvgIpc) is 3.92. The van der Waals surface area contributed by atoms with Crippen molar-refractivity contribution in [3.05, 3.63) is 274 Å². The maximum atomic E-state index is 6.76. The molecule has 2 heterocycles. The Labute approximate surface area is 401 Å². The summed E-state index contributed by atoms with van der Waals surface area (Å²) in [6.45, 7) is 6.75. The molecule has 2 aliphatic carbocycles. The van der Waals surface area contributed by atoms with Gasteiger partial charge < -0.3 is 4.74 Å². The van der Waals surface area contributed by atoms with Crippen LogP contribution in [0.5, 0.6) is 11.5 Å². The van der Waals surface area contributed by atoms with Crippen LogP contribution in [0.3, 0.4) is 0 Å². The van der Waals surface area contributed by atoms with Gasteiger partial charge in [0.2, 0.25) is 0 Å². The summed E-state index contributed by atoms with van der Waals surface area (Å²) in [5, 5.41) is 2.59. The van der Waals surface area contributed by atoms with Gasteiger partial charge in [0, 0.05) is 42.6 Å². The van der Waals surface area contributed by atoms with E-state index in [1.54, 1.807) is 0 Å². The van der Waals surface area contributed by atoms with Gasteiger partial charge in [0.25, 0.3) is 0 Å². The molecule has 326 valence electrons. The monoisotopic (exact) mass is 892 g/mol. The number of benzene rings is 9. The first-order valence-electron chi connectivity index (χ1n) is 23.9. The van der Waals surface area contributed by atoms with E-state index in [4.69, 9.17) is 14.7 Å². The van der Waals surface area contributed by atoms with Crippen molar-refractivity contribution in [2.24, 2.45) is 15.9 Å². The van der Waals surface area contributed by atoms with Crippen LogP contribution in [0, 0.1) is 5.92 Å². The number of amidine groups is 1. The number of hydrogen-bond acceptors (Lipinski definition) is 3. The summed E-state index contributed by atoms with van der Waals surface area (Å²) < 4.78 is 9.33. The van der Waals surface area contributed by atoms with Gasteiger partial charge in [-0.1, -0.05) is 208 Å². The van der Waals surface area contributed by atoms with E-state index < -0.39 is 10.8 Å². The third-order valence-electron chi connectivity index (χ3n) is 15.2. The Morgan fingerprint density at radius 3 is 1.68 bits per heavy atom. The maximum absolute atomic E-state index is 6.76. The third kappa shape index (κ3) is 5.77. The second kappa shape index (κ2) is 15.7. The fourth-order valence-electron chi connectivity index (χ4n) is 12.0. The summed E-state index contributed by atoms with van der Waals surface area (Å²) >= 11 is 1.84. The van der Waals surface area contributed by atoms with Crippen molar-refractivity contribution in [3.8, 4) is 22.6 Å². The minimum absolute atomic E-state index is 0.169. The molecule has 9 aromatic carbocycles. The van der Waals surface area contributed by atoms with E-state index in [2.05, 4.69) is 233 Å². The first kappa shape index (κ1) is 40.6. The zero-order valence-electron chi connectivity index (χ0n) is 38.3. The molecule has 68 heavy (non-hydrogen) atoms. The molecule has 0 amide bonds. The molecule has 0 radical (unpaired) electrons. The van der Waals surface area contributed by atoms with E-state index in [0.717, 1.165) is 51.7 Å². The van der Waals surface area contributed by atoms with E-state index in [9.17, 15) is 0 Å². The van der Waals surface area contributed by atoms with Gasteiger partial charge >= 0.3 is 0 Å². The molecule has 0 bridgehead atoms. The SMILES string of the molecule is CCC(C)C(/N=C(\N=C(/C)c1ccc2c(c1)sc1ccccc12)c1ccccc1)c1ccc2c(c1)C1(c3ccccc3-2)c2ccccc2C2(c3ccccc3Oc3ccccc32)c2ccccc21. The van der Waals surface area contributed by atoms with Gasteiger partial charge in [0.1, 0.15) is 11.5 Å². The molecule has 0 N–H and O–H groups in total. The molecular formula is C64H48N2OS. The Bertz CT molecular complexity index is 3610. The molecule has 1 aromatic heterocycles. The molecule has 3 aliphatic rings. The molecule has 2 unspecified atom stereocenters. The van der Waals surface area contributed by atoms with Crippen LogP contribution in [0.25, 0.3) is 31.3 Å². The van der Waals surface area contributed by atoms with Crippen LogP contribution in [0.4, 0.5) is 0 Å². The lowest BCUT2D eigenvalue weighted by atomic mass is 9.51. The first-order chi connectivity index (χ1) is 33.5. The van der Waals surface area contributed by atoms with Gasteiger partial charge in [-0.25, -0.2) is 4.99 Å². The number of fused-ring (bicyclic) bond motifs is 18. The normalized spacial score (nSPS) is 15.8. The molecule has 13 rings (SSSR count). The molecule has 0 saturated heterocycles. The minimum Gasteiger partial charge on any atom is -0.457 e. The average molecular weight is 893 g/mol. The van der Waals surface area contributed by atoms with Crippen LogP contribution in [0.1, 0.15) is 94.4 Å². The molecule has 10 aromatic rings. The summed E-state index contributed by atoms with van der Waals surface area (Å²) in [6, 6.07) is 78.0. The lowest BCUT2D eigenvalue weighted by molar-refractivity contribution is 0.428. The van der Waals surface area contributed by atoms with Crippen molar-refractivity contribution in [2.45, 2.75) is 44.1 Å². The molecule has 2 spiro atoms. The predicted octanol–water partition coefficient (Wildman–Crippen LogP) is 16.3. The molecule has 2 atom stereocenters. The van der Waals surface area contributed by atoms with Crippen molar-refractivity contribution in [1.29, 1.82) is 0 Å². The summed E-state index contributed by atoms with van der Waals surface area (Å²) in [4.78, 5) is 11.2. The highest BCUT2D eigenvalue weighted by Crippen LogP contribution is 2.67. The number of nitrogens with zero attached hydrogens (tertiary/aromatic N) is 2. The van der Waals surface area contributed by atoms with Crippen LogP contribution in [0.15, 0.2) is 222 Å². The maximum Gasteiger partial charge on any atom is 0.155 e. The van der Waals surface area contributed by atoms with Gasteiger partial charge in [-0.15, -0.1) is 11.3 Å².